The summed E-state index contributed by atoms with van der Waals surface area (Å²) in [6, 6.07) is 11.2. The highest BCUT2D eigenvalue weighted by atomic mass is 15.3. The number of hydrogen-bond acceptors (Lipinski definition) is 3. The van der Waals surface area contributed by atoms with Gasteiger partial charge in [-0.1, -0.05) is 6.07 Å². The second-order valence-corrected chi connectivity index (χ2v) is 7.53. The van der Waals surface area contributed by atoms with Gasteiger partial charge in [-0.25, -0.2) is 0 Å². The van der Waals surface area contributed by atoms with E-state index < -0.39 is 0 Å². The molecule has 26 heavy (non-hydrogen) atoms. The summed E-state index contributed by atoms with van der Waals surface area (Å²) >= 11 is 0. The Bertz CT molecular complexity index is 870. The average Bonchev–Trinajstić information content (AvgIpc) is 3.32. The lowest BCUT2D eigenvalue weighted by atomic mass is 10.1. The molecular formula is C21H29N5. The van der Waals surface area contributed by atoms with Crippen LogP contribution in [0.5, 0.6) is 0 Å². The van der Waals surface area contributed by atoms with Gasteiger partial charge in [0.2, 0.25) is 0 Å². The van der Waals surface area contributed by atoms with Crippen LogP contribution in [0.4, 0.5) is 0 Å². The van der Waals surface area contributed by atoms with Crippen LogP contribution >= 0.6 is 0 Å². The normalized spacial score (nSPS) is 15.3. The number of nitrogens with one attached hydrogen (secondary N) is 2. The molecule has 3 heterocycles. The fourth-order valence-electron chi connectivity index (χ4n) is 3.94. The summed E-state index contributed by atoms with van der Waals surface area (Å²) in [7, 11) is 0. The highest BCUT2D eigenvalue weighted by molar-refractivity contribution is 5.81. The van der Waals surface area contributed by atoms with Gasteiger partial charge >= 0.3 is 0 Å². The molecular weight excluding hydrogens is 322 g/mol. The zero-order valence-corrected chi connectivity index (χ0v) is 15.9. The summed E-state index contributed by atoms with van der Waals surface area (Å²) < 4.78 is 2.07. The van der Waals surface area contributed by atoms with E-state index in [2.05, 4.69) is 62.2 Å². The molecule has 2 N–H and O–H groups in total. The maximum Gasteiger partial charge on any atom is 0.0596 e. The van der Waals surface area contributed by atoms with Gasteiger partial charge in [0.05, 0.1) is 12.2 Å². The minimum absolute atomic E-state index is 0.891. The number of aromatic amines is 1. The summed E-state index contributed by atoms with van der Waals surface area (Å²) in [5.41, 5.74) is 6.22. The summed E-state index contributed by atoms with van der Waals surface area (Å²) in [5.74, 6) is 0. The van der Waals surface area contributed by atoms with E-state index in [1.54, 1.807) is 0 Å². The second kappa shape index (κ2) is 7.64. The van der Waals surface area contributed by atoms with E-state index in [-0.39, 0.29) is 0 Å². The van der Waals surface area contributed by atoms with E-state index >= 15 is 0 Å². The molecule has 0 aliphatic carbocycles. The van der Waals surface area contributed by atoms with Crippen molar-refractivity contribution in [3.05, 3.63) is 53.0 Å². The van der Waals surface area contributed by atoms with Crippen molar-refractivity contribution in [1.29, 1.82) is 0 Å². The molecule has 1 aromatic carbocycles. The number of aromatic nitrogens is 3. The van der Waals surface area contributed by atoms with Crippen LogP contribution in [0.1, 0.15) is 35.5 Å². The first-order valence-electron chi connectivity index (χ1n) is 9.72. The molecule has 5 nitrogen and oxygen atoms in total. The van der Waals surface area contributed by atoms with Crippen LogP contribution in [-0.2, 0) is 19.6 Å². The van der Waals surface area contributed by atoms with E-state index in [1.165, 1.54) is 53.8 Å². The zero-order chi connectivity index (χ0) is 17.9. The fourth-order valence-corrected chi connectivity index (χ4v) is 3.94. The smallest absolute Gasteiger partial charge is 0.0596 e. The van der Waals surface area contributed by atoms with Gasteiger partial charge in [0.25, 0.3) is 0 Å². The van der Waals surface area contributed by atoms with Crippen LogP contribution in [-0.4, -0.2) is 39.3 Å². The number of aryl methyl sites for hydroxylation is 2. The van der Waals surface area contributed by atoms with Gasteiger partial charge in [-0.2, -0.15) is 5.10 Å². The first kappa shape index (κ1) is 17.3. The van der Waals surface area contributed by atoms with Gasteiger partial charge < -0.3 is 10.3 Å². The molecule has 0 atom stereocenters. The Kier molecular flexibility index (Phi) is 5.09. The predicted octanol–water partition coefficient (Wildman–Crippen LogP) is 3.37. The highest BCUT2D eigenvalue weighted by Crippen LogP contribution is 2.20. The zero-order valence-electron chi connectivity index (χ0n) is 15.9. The molecule has 2 aromatic heterocycles. The molecule has 1 aliphatic heterocycles. The Labute approximate surface area is 155 Å². The van der Waals surface area contributed by atoms with E-state index in [1.807, 2.05) is 6.92 Å². The molecule has 0 bridgehead atoms. The Hall–Kier alpha value is -2.11. The first-order chi connectivity index (χ1) is 12.7. The van der Waals surface area contributed by atoms with E-state index in [9.17, 15) is 0 Å². The molecule has 4 rings (SSSR count). The Balaban J connectivity index is 1.32. The number of hydrogen-bond donors (Lipinski definition) is 2. The van der Waals surface area contributed by atoms with Gasteiger partial charge in [0, 0.05) is 41.9 Å². The van der Waals surface area contributed by atoms with Crippen molar-refractivity contribution in [2.75, 3.05) is 19.6 Å². The number of fused-ring (bicyclic) bond motifs is 1. The molecule has 0 unspecified atom stereocenters. The standard InChI is InChI=1S/C21H29N5/c1-16-11-17(2)26(24-16)10-7-22-14-18-5-6-21-19(12-18)13-20(23-21)15-25-8-3-4-9-25/h5-6,11-13,22-23H,3-4,7-10,14-15H2,1-2H3. The third-order valence-electron chi connectivity index (χ3n) is 5.27. The minimum atomic E-state index is 0.891. The van der Waals surface area contributed by atoms with Gasteiger partial charge in [0.1, 0.15) is 0 Å². The van der Waals surface area contributed by atoms with Crippen molar-refractivity contribution >= 4 is 10.9 Å². The molecule has 3 aromatic rings. The van der Waals surface area contributed by atoms with Crippen LogP contribution in [0.3, 0.4) is 0 Å². The molecule has 0 spiro atoms. The van der Waals surface area contributed by atoms with E-state index in [0.717, 1.165) is 31.9 Å². The lowest BCUT2D eigenvalue weighted by molar-refractivity contribution is 0.328. The number of H-pyrrole nitrogens is 1. The van der Waals surface area contributed by atoms with Crippen LogP contribution in [0, 0.1) is 13.8 Å². The first-order valence-corrected chi connectivity index (χ1v) is 9.72. The van der Waals surface area contributed by atoms with Crippen LogP contribution in [0.15, 0.2) is 30.3 Å². The second-order valence-electron chi connectivity index (χ2n) is 7.53. The molecule has 138 valence electrons. The van der Waals surface area contributed by atoms with Crippen molar-refractivity contribution in [2.24, 2.45) is 0 Å². The summed E-state index contributed by atoms with van der Waals surface area (Å²) in [6.07, 6.45) is 2.68. The molecule has 0 saturated carbocycles. The van der Waals surface area contributed by atoms with Crippen LogP contribution < -0.4 is 5.32 Å². The fraction of sp³-hybridized carbons (Fsp3) is 0.476. The van der Waals surface area contributed by atoms with Gasteiger partial charge in [-0.15, -0.1) is 0 Å². The number of nitrogens with zero attached hydrogens (tertiary/aromatic N) is 3. The largest absolute Gasteiger partial charge is 0.357 e. The maximum atomic E-state index is 4.51. The van der Waals surface area contributed by atoms with Crippen molar-refractivity contribution in [3.63, 3.8) is 0 Å². The number of rotatable bonds is 7. The van der Waals surface area contributed by atoms with Gasteiger partial charge in [-0.3, -0.25) is 9.58 Å². The van der Waals surface area contributed by atoms with Gasteiger partial charge in [0.15, 0.2) is 0 Å². The van der Waals surface area contributed by atoms with Crippen molar-refractivity contribution < 1.29 is 0 Å². The average molecular weight is 351 g/mol. The highest BCUT2D eigenvalue weighted by Gasteiger charge is 2.13. The van der Waals surface area contributed by atoms with Crippen molar-refractivity contribution in [2.45, 2.75) is 46.3 Å². The summed E-state index contributed by atoms with van der Waals surface area (Å²) in [5, 5.41) is 9.36. The van der Waals surface area contributed by atoms with E-state index in [0.29, 0.717) is 0 Å². The van der Waals surface area contributed by atoms with Crippen molar-refractivity contribution in [3.8, 4) is 0 Å². The molecule has 1 fully saturated rings. The minimum Gasteiger partial charge on any atom is -0.357 e. The third-order valence-corrected chi connectivity index (χ3v) is 5.27. The number of benzene rings is 1. The molecule has 0 amide bonds. The molecule has 5 heteroatoms. The molecule has 1 saturated heterocycles. The number of likely N-dealkylation sites (tertiary alicyclic amines) is 1. The summed E-state index contributed by atoms with van der Waals surface area (Å²) in [6.45, 7) is 10.4. The Morgan fingerprint density at radius 3 is 2.73 bits per heavy atom. The molecule has 1 aliphatic rings. The van der Waals surface area contributed by atoms with Crippen LogP contribution in [0.25, 0.3) is 10.9 Å². The van der Waals surface area contributed by atoms with Crippen molar-refractivity contribution in [1.82, 2.24) is 25.0 Å². The predicted molar refractivity (Wildman–Crippen MR) is 106 cm³/mol. The lowest BCUT2D eigenvalue weighted by Crippen LogP contribution is -2.20. The lowest BCUT2D eigenvalue weighted by Gasteiger charge is -2.12. The monoisotopic (exact) mass is 351 g/mol. The third kappa shape index (κ3) is 4.00. The topological polar surface area (TPSA) is 48.9 Å². The summed E-state index contributed by atoms with van der Waals surface area (Å²) in [4.78, 5) is 6.11. The van der Waals surface area contributed by atoms with Crippen LogP contribution in [0.2, 0.25) is 0 Å². The van der Waals surface area contributed by atoms with Gasteiger partial charge in [-0.05, 0) is 69.6 Å². The Morgan fingerprint density at radius 2 is 1.96 bits per heavy atom. The quantitative estimate of drug-likeness (QED) is 0.642. The Morgan fingerprint density at radius 1 is 1.12 bits per heavy atom. The SMILES string of the molecule is Cc1cc(C)n(CCNCc2ccc3[nH]c(CN4CCCC4)cc3c2)n1. The van der Waals surface area contributed by atoms with E-state index in [4.69, 9.17) is 0 Å². The maximum absolute atomic E-state index is 4.51. The molecule has 0 radical (unpaired) electrons.